The molecule has 1 atom stereocenters. The summed E-state index contributed by atoms with van der Waals surface area (Å²) in [7, 11) is -4.14. The summed E-state index contributed by atoms with van der Waals surface area (Å²) in [6, 6.07) is 20.0. The predicted molar refractivity (Wildman–Crippen MR) is 158 cm³/mol. The highest BCUT2D eigenvalue weighted by Gasteiger charge is 2.33. The largest absolute Gasteiger partial charge is 0.494 e. The molecule has 0 saturated carbocycles. The van der Waals surface area contributed by atoms with Crippen LogP contribution in [0.1, 0.15) is 43.9 Å². The van der Waals surface area contributed by atoms with Crippen LogP contribution in [0.4, 0.5) is 5.69 Å². The van der Waals surface area contributed by atoms with Gasteiger partial charge in [-0.25, -0.2) is 8.42 Å². The van der Waals surface area contributed by atoms with Crippen LogP contribution in [0.3, 0.4) is 0 Å². The highest BCUT2D eigenvalue weighted by atomic mass is 32.2. The zero-order valence-corrected chi connectivity index (χ0v) is 24.7. The van der Waals surface area contributed by atoms with Crippen molar-refractivity contribution in [3.63, 3.8) is 0 Å². The van der Waals surface area contributed by atoms with Crippen molar-refractivity contribution in [2.45, 2.75) is 58.5 Å². The molecule has 0 aliphatic rings. The van der Waals surface area contributed by atoms with Gasteiger partial charge in [-0.15, -0.1) is 0 Å². The number of rotatable bonds is 13. The van der Waals surface area contributed by atoms with Crippen LogP contribution in [-0.2, 0) is 26.2 Å². The van der Waals surface area contributed by atoms with E-state index in [4.69, 9.17) is 4.74 Å². The number of nitrogens with one attached hydrogen (secondary N) is 1. The van der Waals surface area contributed by atoms with Gasteiger partial charge in [0.1, 0.15) is 18.3 Å². The van der Waals surface area contributed by atoms with E-state index in [0.29, 0.717) is 31.0 Å². The van der Waals surface area contributed by atoms with Crippen LogP contribution in [0.5, 0.6) is 5.75 Å². The molecule has 1 unspecified atom stereocenters. The summed E-state index contributed by atoms with van der Waals surface area (Å²) in [6.45, 7) is 9.94. The quantitative estimate of drug-likeness (QED) is 0.320. The number of hydrogen-bond acceptors (Lipinski definition) is 5. The van der Waals surface area contributed by atoms with Gasteiger partial charge < -0.3 is 15.0 Å². The van der Waals surface area contributed by atoms with Crippen LogP contribution >= 0.6 is 0 Å². The van der Waals surface area contributed by atoms with Gasteiger partial charge in [-0.2, -0.15) is 0 Å². The van der Waals surface area contributed by atoms with Crippen molar-refractivity contribution >= 4 is 27.5 Å². The fourth-order valence-corrected chi connectivity index (χ4v) is 5.87. The third kappa shape index (κ3) is 7.63. The van der Waals surface area contributed by atoms with Crippen LogP contribution in [-0.4, -0.2) is 50.9 Å². The molecule has 0 bridgehead atoms. The minimum absolute atomic E-state index is 0.0327. The number of hydrogen-bond donors (Lipinski definition) is 1. The average molecular weight is 566 g/mol. The van der Waals surface area contributed by atoms with Gasteiger partial charge >= 0.3 is 0 Å². The summed E-state index contributed by atoms with van der Waals surface area (Å²) < 4.78 is 34.5. The first-order valence-corrected chi connectivity index (χ1v) is 15.0. The predicted octanol–water partition coefficient (Wildman–Crippen LogP) is 4.84. The van der Waals surface area contributed by atoms with Crippen molar-refractivity contribution in [3.05, 3.63) is 89.5 Å². The van der Waals surface area contributed by atoms with Crippen LogP contribution in [0.25, 0.3) is 0 Å². The molecule has 0 aromatic heterocycles. The summed E-state index contributed by atoms with van der Waals surface area (Å²) in [4.78, 5) is 28.6. The zero-order valence-electron chi connectivity index (χ0n) is 23.9. The topological polar surface area (TPSA) is 96.0 Å². The summed E-state index contributed by atoms with van der Waals surface area (Å²) in [5.74, 6) is -0.201. The molecule has 8 nitrogen and oxygen atoms in total. The molecule has 2 amide bonds. The Morgan fingerprint density at radius 2 is 1.57 bits per heavy atom. The van der Waals surface area contributed by atoms with Crippen LogP contribution in [0, 0.1) is 13.8 Å². The molecule has 3 rings (SSSR count). The van der Waals surface area contributed by atoms with E-state index in [1.165, 1.54) is 17.0 Å². The van der Waals surface area contributed by atoms with E-state index < -0.39 is 28.5 Å². The Morgan fingerprint density at radius 3 is 2.15 bits per heavy atom. The summed E-state index contributed by atoms with van der Waals surface area (Å²) >= 11 is 0. The second kappa shape index (κ2) is 14.0. The average Bonchev–Trinajstić information content (AvgIpc) is 2.93. The normalized spacial score (nSPS) is 11.9. The fourth-order valence-electron chi connectivity index (χ4n) is 4.46. The molecular weight excluding hydrogens is 526 g/mol. The molecule has 0 heterocycles. The smallest absolute Gasteiger partial charge is 0.264 e. The van der Waals surface area contributed by atoms with E-state index in [-0.39, 0.29) is 17.3 Å². The Bertz CT molecular complexity index is 1390. The summed E-state index contributed by atoms with van der Waals surface area (Å²) in [6.07, 6.45) is 0.375. The molecule has 9 heteroatoms. The molecular formula is C31H39N3O5S. The first kappa shape index (κ1) is 30.7. The Balaban J connectivity index is 2.04. The molecule has 0 aliphatic carbocycles. The minimum Gasteiger partial charge on any atom is -0.494 e. The Kier molecular flexibility index (Phi) is 10.7. The molecule has 40 heavy (non-hydrogen) atoms. The number of anilines is 1. The molecule has 0 aliphatic heterocycles. The van der Waals surface area contributed by atoms with Gasteiger partial charge in [-0.05, 0) is 76.1 Å². The third-order valence-corrected chi connectivity index (χ3v) is 8.28. The Hall–Kier alpha value is -3.85. The standard InChI is InChI=1S/C31H39N3O5S/c1-6-29(31(36)32-7-2)33(21-25-11-9-10-24(5)20-25)30(35)22-34(26-14-12-23(4)13-15-26)40(37,38)28-18-16-27(17-19-28)39-8-3/h9-20,29H,6-8,21-22H2,1-5H3,(H,32,36). The first-order valence-electron chi connectivity index (χ1n) is 13.6. The van der Waals surface area contributed by atoms with Crippen molar-refractivity contribution in [2.24, 2.45) is 0 Å². The van der Waals surface area contributed by atoms with Crippen LogP contribution in [0.15, 0.2) is 77.7 Å². The Morgan fingerprint density at radius 1 is 0.900 bits per heavy atom. The highest BCUT2D eigenvalue weighted by molar-refractivity contribution is 7.92. The molecule has 3 aromatic carbocycles. The maximum absolute atomic E-state index is 14.0. The second-order valence-corrected chi connectivity index (χ2v) is 11.4. The minimum atomic E-state index is -4.14. The van der Waals surface area contributed by atoms with Crippen LogP contribution < -0.4 is 14.4 Å². The van der Waals surface area contributed by atoms with Gasteiger partial charge in [0.05, 0.1) is 17.2 Å². The van der Waals surface area contributed by atoms with Gasteiger partial charge in [0.15, 0.2) is 0 Å². The van der Waals surface area contributed by atoms with E-state index in [1.54, 1.807) is 36.4 Å². The number of likely N-dealkylation sites (N-methyl/N-ethyl adjacent to an activating group) is 1. The van der Waals surface area contributed by atoms with E-state index >= 15 is 0 Å². The van der Waals surface area contributed by atoms with Gasteiger partial charge in [-0.3, -0.25) is 13.9 Å². The van der Waals surface area contributed by atoms with E-state index in [9.17, 15) is 18.0 Å². The fraction of sp³-hybridized carbons (Fsp3) is 0.355. The number of sulfonamides is 1. The SMILES string of the molecule is CCNC(=O)C(CC)N(Cc1cccc(C)c1)C(=O)CN(c1ccc(C)cc1)S(=O)(=O)c1ccc(OCC)cc1. The van der Waals surface area contributed by atoms with E-state index in [2.05, 4.69) is 5.32 Å². The lowest BCUT2D eigenvalue weighted by molar-refractivity contribution is -0.140. The van der Waals surface area contributed by atoms with Gasteiger partial charge in [0.2, 0.25) is 11.8 Å². The number of amides is 2. The Labute approximate surface area is 238 Å². The molecule has 0 spiro atoms. The van der Waals surface area contributed by atoms with E-state index in [1.807, 2.05) is 58.9 Å². The van der Waals surface area contributed by atoms with Crippen molar-refractivity contribution in [1.29, 1.82) is 0 Å². The maximum atomic E-state index is 14.0. The van der Waals surface area contributed by atoms with Gasteiger partial charge in [0.25, 0.3) is 10.0 Å². The molecule has 214 valence electrons. The molecule has 0 fully saturated rings. The lowest BCUT2D eigenvalue weighted by Crippen LogP contribution is -2.52. The number of carbonyl (C=O) groups is 2. The lowest BCUT2D eigenvalue weighted by Gasteiger charge is -2.33. The number of aryl methyl sites for hydroxylation is 2. The highest BCUT2D eigenvalue weighted by Crippen LogP contribution is 2.26. The monoisotopic (exact) mass is 565 g/mol. The van der Waals surface area contributed by atoms with Crippen molar-refractivity contribution in [1.82, 2.24) is 10.2 Å². The number of ether oxygens (including phenoxy) is 1. The van der Waals surface area contributed by atoms with Crippen molar-refractivity contribution in [2.75, 3.05) is 24.0 Å². The molecule has 0 radical (unpaired) electrons. The number of nitrogens with zero attached hydrogens (tertiary/aromatic N) is 2. The van der Waals surface area contributed by atoms with E-state index in [0.717, 1.165) is 21.0 Å². The molecule has 0 saturated heterocycles. The van der Waals surface area contributed by atoms with Crippen molar-refractivity contribution < 1.29 is 22.7 Å². The zero-order chi connectivity index (χ0) is 29.3. The first-order chi connectivity index (χ1) is 19.1. The van der Waals surface area contributed by atoms with Gasteiger partial charge in [0, 0.05) is 13.1 Å². The number of carbonyl (C=O) groups excluding carboxylic acids is 2. The lowest BCUT2D eigenvalue weighted by atomic mass is 10.1. The summed E-state index contributed by atoms with van der Waals surface area (Å²) in [5.41, 5.74) is 3.19. The van der Waals surface area contributed by atoms with Crippen LogP contribution in [0.2, 0.25) is 0 Å². The van der Waals surface area contributed by atoms with Crippen molar-refractivity contribution in [3.8, 4) is 5.75 Å². The number of benzene rings is 3. The van der Waals surface area contributed by atoms with Gasteiger partial charge in [-0.1, -0.05) is 54.4 Å². The second-order valence-electron chi connectivity index (χ2n) is 9.58. The maximum Gasteiger partial charge on any atom is 0.264 e. The third-order valence-electron chi connectivity index (χ3n) is 6.50. The molecule has 3 aromatic rings. The summed E-state index contributed by atoms with van der Waals surface area (Å²) in [5, 5.41) is 2.82. The molecule has 1 N–H and O–H groups in total.